The number of aryl methyl sites for hydroxylation is 1. The van der Waals surface area contributed by atoms with Crippen LogP contribution in [0.5, 0.6) is 17.6 Å². The van der Waals surface area contributed by atoms with Crippen LogP contribution in [0.25, 0.3) is 0 Å². The first-order chi connectivity index (χ1) is 10.0. The van der Waals surface area contributed by atoms with Crippen molar-refractivity contribution in [2.45, 2.75) is 6.92 Å². The van der Waals surface area contributed by atoms with E-state index < -0.39 is 5.97 Å². The average Bonchev–Trinajstić information content (AvgIpc) is 2.47. The average molecular weight is 309 g/mol. The van der Waals surface area contributed by atoms with E-state index in [2.05, 4.69) is 9.97 Å². The summed E-state index contributed by atoms with van der Waals surface area (Å²) in [5.41, 5.74) is 1.17. The van der Waals surface area contributed by atoms with E-state index >= 15 is 0 Å². The van der Waals surface area contributed by atoms with Crippen molar-refractivity contribution < 1.29 is 19.0 Å². The van der Waals surface area contributed by atoms with E-state index in [4.69, 9.17) is 25.8 Å². The highest BCUT2D eigenvalue weighted by Crippen LogP contribution is 2.27. The van der Waals surface area contributed by atoms with Crippen molar-refractivity contribution in [1.82, 2.24) is 9.97 Å². The number of benzene rings is 1. The van der Waals surface area contributed by atoms with Gasteiger partial charge in [-0.1, -0.05) is 17.7 Å². The molecule has 6 nitrogen and oxygen atoms in total. The van der Waals surface area contributed by atoms with E-state index in [0.29, 0.717) is 0 Å². The van der Waals surface area contributed by atoms with Crippen molar-refractivity contribution in [2.75, 3.05) is 14.2 Å². The number of methoxy groups -OCH3 is 2. The maximum absolute atomic E-state index is 11.8. The van der Waals surface area contributed by atoms with Crippen molar-refractivity contribution in [3.05, 3.63) is 40.5 Å². The maximum Gasteiger partial charge on any atom is 0.341 e. The Balaban J connectivity index is 2.39. The fraction of sp³-hybridized carbons (Fsp3) is 0.214. The molecule has 2 aromatic rings. The van der Waals surface area contributed by atoms with Crippen LogP contribution >= 0.6 is 11.6 Å². The molecule has 0 fully saturated rings. The summed E-state index contributed by atoms with van der Waals surface area (Å²) in [4.78, 5) is 19.7. The zero-order chi connectivity index (χ0) is 15.4. The zero-order valence-electron chi connectivity index (χ0n) is 11.7. The summed E-state index contributed by atoms with van der Waals surface area (Å²) in [6, 6.07) is 6.52. The van der Waals surface area contributed by atoms with Gasteiger partial charge in [-0.25, -0.2) is 4.79 Å². The largest absolute Gasteiger partial charge is 0.481 e. The van der Waals surface area contributed by atoms with Gasteiger partial charge in [0.05, 0.1) is 14.2 Å². The molecule has 0 aliphatic heterocycles. The number of ether oxygens (including phenoxy) is 3. The first-order valence-electron chi connectivity index (χ1n) is 5.99. The fourth-order valence-electron chi connectivity index (χ4n) is 1.63. The number of rotatable bonds is 4. The summed E-state index contributed by atoms with van der Waals surface area (Å²) in [5, 5.41) is 0.170. The van der Waals surface area contributed by atoms with Crippen LogP contribution in [0.4, 0.5) is 0 Å². The normalized spacial score (nSPS) is 10.1. The second-order valence-electron chi connectivity index (χ2n) is 4.11. The fourth-order valence-corrected chi connectivity index (χ4v) is 1.79. The second kappa shape index (κ2) is 6.41. The summed E-state index contributed by atoms with van der Waals surface area (Å²) in [6.07, 6.45) is 0. The Morgan fingerprint density at radius 2 is 1.95 bits per heavy atom. The van der Waals surface area contributed by atoms with Gasteiger partial charge < -0.3 is 14.2 Å². The summed E-state index contributed by atoms with van der Waals surface area (Å²) < 4.78 is 15.2. The predicted octanol–water partition coefficient (Wildman–Crippen LogP) is 3.03. The summed E-state index contributed by atoms with van der Waals surface area (Å²) in [7, 11) is 2.75. The molecule has 110 valence electrons. The van der Waals surface area contributed by atoms with Crippen LogP contribution in [-0.2, 0) is 4.74 Å². The molecule has 0 atom stereocenters. The zero-order valence-corrected chi connectivity index (χ0v) is 12.5. The standard InChI is InChI=1S/C14H13ClN2O4/c1-8-4-5-10(9(6-8)13(18)20-3)21-14-16-11(15)7-12(17-14)19-2/h4-7H,1-3H3. The Bertz CT molecular complexity index is 676. The van der Waals surface area contributed by atoms with Gasteiger partial charge in [-0.15, -0.1) is 0 Å². The lowest BCUT2D eigenvalue weighted by Gasteiger charge is -2.10. The number of halogens is 1. The van der Waals surface area contributed by atoms with Crippen molar-refractivity contribution in [3.8, 4) is 17.6 Å². The molecule has 0 bridgehead atoms. The third-order valence-electron chi connectivity index (χ3n) is 2.60. The minimum Gasteiger partial charge on any atom is -0.481 e. The molecule has 0 saturated carbocycles. The molecular weight excluding hydrogens is 296 g/mol. The monoisotopic (exact) mass is 308 g/mol. The molecule has 0 aliphatic carbocycles. The van der Waals surface area contributed by atoms with Gasteiger partial charge in [0.2, 0.25) is 5.88 Å². The van der Waals surface area contributed by atoms with Crippen LogP contribution in [0.1, 0.15) is 15.9 Å². The number of carbonyl (C=O) groups excluding carboxylic acids is 1. The molecule has 0 spiro atoms. The summed E-state index contributed by atoms with van der Waals surface area (Å²) in [6.45, 7) is 1.86. The summed E-state index contributed by atoms with van der Waals surface area (Å²) >= 11 is 5.85. The number of hydrogen-bond donors (Lipinski definition) is 0. The highest BCUT2D eigenvalue weighted by Gasteiger charge is 2.16. The van der Waals surface area contributed by atoms with Gasteiger partial charge in [0, 0.05) is 6.07 Å². The third kappa shape index (κ3) is 3.61. The van der Waals surface area contributed by atoms with Crippen LogP contribution < -0.4 is 9.47 Å². The van der Waals surface area contributed by atoms with Gasteiger partial charge in [-0.05, 0) is 24.6 Å². The molecule has 21 heavy (non-hydrogen) atoms. The van der Waals surface area contributed by atoms with E-state index in [9.17, 15) is 4.79 Å². The quantitative estimate of drug-likeness (QED) is 0.638. The molecule has 0 amide bonds. The minimum atomic E-state index is -0.511. The van der Waals surface area contributed by atoms with E-state index in [1.165, 1.54) is 20.3 Å². The van der Waals surface area contributed by atoms with Crippen LogP contribution in [-0.4, -0.2) is 30.2 Å². The van der Waals surface area contributed by atoms with Crippen LogP contribution in [0.2, 0.25) is 5.15 Å². The Kier molecular flexibility index (Phi) is 4.59. The third-order valence-corrected chi connectivity index (χ3v) is 2.80. The molecular formula is C14H13ClN2O4. The van der Waals surface area contributed by atoms with Gasteiger partial charge >= 0.3 is 12.0 Å². The van der Waals surface area contributed by atoms with Gasteiger partial charge in [0.25, 0.3) is 0 Å². The van der Waals surface area contributed by atoms with Crippen molar-refractivity contribution in [2.24, 2.45) is 0 Å². The lowest BCUT2D eigenvalue weighted by Crippen LogP contribution is -2.05. The first kappa shape index (κ1) is 15.1. The van der Waals surface area contributed by atoms with E-state index in [0.717, 1.165) is 5.56 Å². The van der Waals surface area contributed by atoms with Crippen LogP contribution in [0.3, 0.4) is 0 Å². The molecule has 1 aromatic heterocycles. The number of nitrogens with zero attached hydrogens (tertiary/aromatic N) is 2. The SMILES string of the molecule is COC(=O)c1cc(C)ccc1Oc1nc(Cl)cc(OC)n1. The lowest BCUT2D eigenvalue weighted by molar-refractivity contribution is 0.0597. The van der Waals surface area contributed by atoms with Crippen molar-refractivity contribution in [3.63, 3.8) is 0 Å². The molecule has 0 unspecified atom stereocenters. The van der Waals surface area contributed by atoms with Gasteiger partial charge in [-0.3, -0.25) is 0 Å². The van der Waals surface area contributed by atoms with Gasteiger partial charge in [0.1, 0.15) is 16.5 Å². The van der Waals surface area contributed by atoms with Crippen LogP contribution in [0.15, 0.2) is 24.3 Å². The highest BCUT2D eigenvalue weighted by molar-refractivity contribution is 6.29. The minimum absolute atomic E-state index is 0.0200. The van der Waals surface area contributed by atoms with Gasteiger partial charge in [-0.2, -0.15) is 9.97 Å². The molecule has 0 N–H and O–H groups in total. The van der Waals surface area contributed by atoms with Crippen LogP contribution in [0, 0.1) is 6.92 Å². The maximum atomic E-state index is 11.8. The molecule has 0 radical (unpaired) electrons. The smallest absolute Gasteiger partial charge is 0.341 e. The molecule has 1 heterocycles. The lowest BCUT2D eigenvalue weighted by atomic mass is 10.1. The second-order valence-corrected chi connectivity index (χ2v) is 4.50. The number of esters is 1. The summed E-state index contributed by atoms with van der Waals surface area (Å²) in [5.74, 6) is 0.0243. The molecule has 0 saturated heterocycles. The molecule has 7 heteroatoms. The highest BCUT2D eigenvalue weighted by atomic mass is 35.5. The number of aromatic nitrogens is 2. The number of carbonyl (C=O) groups is 1. The molecule has 1 aromatic carbocycles. The topological polar surface area (TPSA) is 70.5 Å². The van der Waals surface area contributed by atoms with Crippen molar-refractivity contribution in [1.29, 1.82) is 0 Å². The Morgan fingerprint density at radius 1 is 1.19 bits per heavy atom. The predicted molar refractivity (Wildman–Crippen MR) is 76.2 cm³/mol. The number of hydrogen-bond acceptors (Lipinski definition) is 6. The van der Waals surface area contributed by atoms with Crippen molar-refractivity contribution >= 4 is 17.6 Å². The Hall–Kier alpha value is -2.34. The van der Waals surface area contributed by atoms with E-state index in [1.54, 1.807) is 18.2 Å². The Labute approximate surface area is 126 Å². The molecule has 2 rings (SSSR count). The molecule has 0 aliphatic rings. The first-order valence-corrected chi connectivity index (χ1v) is 6.36. The van der Waals surface area contributed by atoms with E-state index in [1.807, 2.05) is 6.92 Å². The van der Waals surface area contributed by atoms with Gasteiger partial charge in [0.15, 0.2) is 0 Å². The Morgan fingerprint density at radius 3 is 2.62 bits per heavy atom. The van der Waals surface area contributed by atoms with E-state index in [-0.39, 0.29) is 28.4 Å².